The molecule has 1 aromatic heterocycles. The number of hydrogen-bond donors (Lipinski definition) is 1. The van der Waals surface area contributed by atoms with Crippen LogP contribution in [0, 0.1) is 0 Å². The van der Waals surface area contributed by atoms with Crippen molar-refractivity contribution in [1.82, 2.24) is 9.55 Å². The van der Waals surface area contributed by atoms with E-state index in [1.807, 2.05) is 36.4 Å². The number of carbonyl (C=O) groups excluding carboxylic acids is 1. The molecule has 6 heteroatoms. The van der Waals surface area contributed by atoms with Gasteiger partial charge in [0.05, 0.1) is 11.0 Å². The van der Waals surface area contributed by atoms with Gasteiger partial charge in [0.1, 0.15) is 22.9 Å². The molecule has 1 heterocycles. The summed E-state index contributed by atoms with van der Waals surface area (Å²) in [6.45, 7) is 8.26. The van der Waals surface area contributed by atoms with Gasteiger partial charge in [-0.25, -0.2) is 9.78 Å². The van der Waals surface area contributed by atoms with Crippen LogP contribution in [0.3, 0.4) is 0 Å². The third-order valence-corrected chi connectivity index (χ3v) is 5.64. The fraction of sp³-hybridized carbons (Fsp3) is 0.310. The smallest absolute Gasteiger partial charge is 0.508 e. The Morgan fingerprint density at radius 2 is 1.77 bits per heavy atom. The van der Waals surface area contributed by atoms with Gasteiger partial charge in [0.2, 0.25) is 0 Å². The monoisotopic (exact) mass is 472 g/mol. The predicted molar refractivity (Wildman–Crippen MR) is 138 cm³/mol. The molecular weight excluding hydrogens is 440 g/mol. The average molecular weight is 473 g/mol. The van der Waals surface area contributed by atoms with Crippen molar-refractivity contribution in [2.75, 3.05) is 0 Å². The van der Waals surface area contributed by atoms with E-state index in [1.54, 1.807) is 39.0 Å². The van der Waals surface area contributed by atoms with Crippen molar-refractivity contribution in [2.45, 2.75) is 59.1 Å². The highest BCUT2D eigenvalue weighted by Crippen LogP contribution is 2.31. The molecule has 0 unspecified atom stereocenters. The zero-order valence-corrected chi connectivity index (χ0v) is 20.7. The van der Waals surface area contributed by atoms with E-state index in [0.29, 0.717) is 12.3 Å². The first kappa shape index (κ1) is 24.3. The maximum Gasteiger partial charge on any atom is 0.514 e. The molecule has 0 amide bonds. The maximum atomic E-state index is 12.2. The summed E-state index contributed by atoms with van der Waals surface area (Å²) in [4.78, 5) is 17.0. The largest absolute Gasteiger partial charge is 0.514 e. The summed E-state index contributed by atoms with van der Waals surface area (Å²) in [7, 11) is 0. The zero-order valence-electron chi connectivity index (χ0n) is 20.7. The number of hydrogen-bond acceptors (Lipinski definition) is 5. The van der Waals surface area contributed by atoms with Crippen molar-refractivity contribution in [3.63, 3.8) is 0 Å². The number of carbonyl (C=O) groups is 1. The van der Waals surface area contributed by atoms with Crippen molar-refractivity contribution in [3.8, 4) is 22.6 Å². The Morgan fingerprint density at radius 1 is 1.03 bits per heavy atom. The second kappa shape index (κ2) is 10.2. The quantitative estimate of drug-likeness (QED) is 0.229. The molecule has 1 N–H and O–H groups in total. The van der Waals surface area contributed by atoms with Crippen molar-refractivity contribution < 1.29 is 19.4 Å². The lowest BCUT2D eigenvalue weighted by atomic mass is 10.0. The number of unbranched alkanes of at least 4 members (excludes halogenated alkanes) is 1. The molecule has 0 saturated heterocycles. The van der Waals surface area contributed by atoms with E-state index in [9.17, 15) is 9.90 Å². The topological polar surface area (TPSA) is 73.6 Å². The Kier molecular flexibility index (Phi) is 7.10. The lowest BCUT2D eigenvalue weighted by Gasteiger charge is -2.19. The SMILES string of the molecule is CCCCc1nc2cc(O)ccc2n1Cc1ccc(-c2ccccc2OC(=O)OC(C)(C)C)cc1. The van der Waals surface area contributed by atoms with Gasteiger partial charge >= 0.3 is 6.16 Å². The number of phenols is 1. The molecule has 35 heavy (non-hydrogen) atoms. The Balaban J connectivity index is 1.58. The fourth-order valence-corrected chi connectivity index (χ4v) is 4.00. The molecule has 4 rings (SSSR count). The fourth-order valence-electron chi connectivity index (χ4n) is 4.00. The van der Waals surface area contributed by atoms with E-state index in [0.717, 1.165) is 52.8 Å². The highest BCUT2D eigenvalue weighted by Gasteiger charge is 2.19. The first-order chi connectivity index (χ1) is 16.7. The lowest BCUT2D eigenvalue weighted by molar-refractivity contribution is 0.0207. The Morgan fingerprint density at radius 3 is 2.49 bits per heavy atom. The molecule has 0 aliphatic heterocycles. The first-order valence-electron chi connectivity index (χ1n) is 12.0. The summed E-state index contributed by atoms with van der Waals surface area (Å²) in [5.74, 6) is 1.70. The van der Waals surface area contributed by atoms with Gasteiger partial charge in [-0.15, -0.1) is 0 Å². The van der Waals surface area contributed by atoms with Crippen LogP contribution in [-0.2, 0) is 17.7 Å². The number of rotatable bonds is 7. The average Bonchev–Trinajstić information content (AvgIpc) is 3.13. The summed E-state index contributed by atoms with van der Waals surface area (Å²) in [5.41, 5.74) is 4.08. The highest BCUT2D eigenvalue weighted by atomic mass is 16.7. The van der Waals surface area contributed by atoms with E-state index in [-0.39, 0.29) is 5.75 Å². The second-order valence-electron chi connectivity index (χ2n) is 9.65. The number of nitrogens with zero attached hydrogens (tertiary/aromatic N) is 2. The van der Waals surface area contributed by atoms with E-state index in [2.05, 4.69) is 23.6 Å². The van der Waals surface area contributed by atoms with E-state index in [4.69, 9.17) is 14.5 Å². The van der Waals surface area contributed by atoms with Gasteiger partial charge in [0.15, 0.2) is 0 Å². The number of ether oxygens (including phenoxy) is 2. The van der Waals surface area contributed by atoms with E-state index in [1.165, 1.54) is 0 Å². The predicted octanol–water partition coefficient (Wildman–Crippen LogP) is 7.11. The molecule has 3 aromatic carbocycles. The number of phenolic OH excluding ortho intramolecular Hbond substituents is 1. The minimum Gasteiger partial charge on any atom is -0.508 e. The highest BCUT2D eigenvalue weighted by molar-refractivity contribution is 5.78. The standard InChI is InChI=1S/C29H32N2O4/c1-5-6-11-27-30-24-18-22(32)16-17-25(24)31(27)19-20-12-14-21(15-13-20)23-9-7-8-10-26(23)34-28(33)35-29(2,3)4/h7-10,12-18,32H,5-6,11,19H2,1-4H3. The minimum atomic E-state index is -0.723. The summed E-state index contributed by atoms with van der Waals surface area (Å²) >= 11 is 0. The van der Waals surface area contributed by atoms with Crippen molar-refractivity contribution >= 4 is 17.2 Å². The summed E-state index contributed by atoms with van der Waals surface area (Å²) in [5, 5.41) is 9.88. The minimum absolute atomic E-state index is 0.223. The van der Waals surface area contributed by atoms with Crippen LogP contribution >= 0.6 is 0 Å². The number of imidazole rings is 1. The molecule has 4 aromatic rings. The van der Waals surface area contributed by atoms with Gasteiger partial charge in [-0.2, -0.15) is 0 Å². The zero-order chi connectivity index (χ0) is 25.0. The number of benzene rings is 3. The Labute approximate surface area is 206 Å². The molecule has 0 aliphatic rings. The number of aryl methyl sites for hydroxylation is 1. The van der Waals surface area contributed by atoms with Crippen LogP contribution in [0.25, 0.3) is 22.2 Å². The van der Waals surface area contributed by atoms with Gasteiger partial charge in [-0.05, 0) is 56.5 Å². The van der Waals surface area contributed by atoms with E-state index >= 15 is 0 Å². The number of para-hydroxylation sites is 1. The van der Waals surface area contributed by atoms with Crippen LogP contribution in [0.15, 0.2) is 66.7 Å². The maximum absolute atomic E-state index is 12.2. The lowest BCUT2D eigenvalue weighted by Crippen LogP contribution is -2.26. The Bertz CT molecular complexity index is 1320. The first-order valence-corrected chi connectivity index (χ1v) is 12.0. The van der Waals surface area contributed by atoms with Crippen LogP contribution < -0.4 is 4.74 Å². The van der Waals surface area contributed by atoms with Gasteiger partial charge in [0.25, 0.3) is 0 Å². The molecule has 0 saturated carbocycles. The summed E-state index contributed by atoms with van der Waals surface area (Å²) in [6.07, 6.45) is 2.31. The molecule has 182 valence electrons. The summed E-state index contributed by atoms with van der Waals surface area (Å²) in [6, 6.07) is 21.0. The number of fused-ring (bicyclic) bond motifs is 1. The van der Waals surface area contributed by atoms with Crippen molar-refractivity contribution in [1.29, 1.82) is 0 Å². The van der Waals surface area contributed by atoms with Gasteiger partial charge in [-0.3, -0.25) is 0 Å². The van der Waals surface area contributed by atoms with Crippen molar-refractivity contribution in [2.24, 2.45) is 0 Å². The summed E-state index contributed by atoms with van der Waals surface area (Å²) < 4.78 is 13.0. The van der Waals surface area contributed by atoms with Crippen LogP contribution in [0.5, 0.6) is 11.5 Å². The molecule has 0 radical (unpaired) electrons. The number of aromatic hydroxyl groups is 1. The Hall–Kier alpha value is -3.80. The van der Waals surface area contributed by atoms with Crippen molar-refractivity contribution in [3.05, 3.63) is 78.1 Å². The third-order valence-electron chi connectivity index (χ3n) is 5.64. The van der Waals surface area contributed by atoms with Crippen LogP contribution in [-0.4, -0.2) is 26.4 Å². The van der Waals surface area contributed by atoms with E-state index < -0.39 is 11.8 Å². The molecule has 0 aliphatic carbocycles. The molecule has 0 atom stereocenters. The van der Waals surface area contributed by atoms with Crippen LogP contribution in [0.2, 0.25) is 0 Å². The third kappa shape index (κ3) is 6.01. The molecule has 6 nitrogen and oxygen atoms in total. The van der Waals surface area contributed by atoms with Crippen LogP contribution in [0.1, 0.15) is 51.9 Å². The van der Waals surface area contributed by atoms with Crippen LogP contribution in [0.4, 0.5) is 4.79 Å². The van der Waals surface area contributed by atoms with Gasteiger partial charge < -0.3 is 19.1 Å². The molecule has 0 bridgehead atoms. The van der Waals surface area contributed by atoms with Gasteiger partial charge in [0, 0.05) is 24.6 Å². The number of aromatic nitrogens is 2. The second-order valence-corrected chi connectivity index (χ2v) is 9.65. The normalized spacial score (nSPS) is 11.5. The molecule has 0 spiro atoms. The van der Waals surface area contributed by atoms with Gasteiger partial charge in [-0.1, -0.05) is 55.8 Å². The molecular formula is C29H32N2O4. The molecule has 0 fully saturated rings.